The Morgan fingerprint density at radius 3 is 2.83 bits per heavy atom. The molecule has 0 bridgehead atoms. The van der Waals surface area contributed by atoms with Gasteiger partial charge in [0.2, 0.25) is 0 Å². The second kappa shape index (κ2) is 8.20. The molecule has 2 rings (SSSR count). The second-order valence-corrected chi connectivity index (χ2v) is 5.13. The van der Waals surface area contributed by atoms with E-state index >= 15 is 0 Å². The number of carbonyl (C=O) groups is 1. The molecule has 0 unspecified atom stereocenters. The van der Waals surface area contributed by atoms with Gasteiger partial charge in [-0.15, -0.1) is 0 Å². The molecular formula is C17H20N2O4. The van der Waals surface area contributed by atoms with Gasteiger partial charge in [0.25, 0.3) is 5.91 Å². The maximum atomic E-state index is 12.1. The van der Waals surface area contributed by atoms with Crippen LogP contribution in [0.2, 0.25) is 0 Å². The van der Waals surface area contributed by atoms with Gasteiger partial charge in [0.1, 0.15) is 11.6 Å². The number of amides is 1. The van der Waals surface area contributed by atoms with Gasteiger partial charge in [-0.05, 0) is 36.6 Å². The zero-order chi connectivity index (χ0) is 16.7. The summed E-state index contributed by atoms with van der Waals surface area (Å²) >= 11 is 0. The van der Waals surface area contributed by atoms with E-state index in [0.717, 1.165) is 19.4 Å². The van der Waals surface area contributed by atoms with E-state index in [1.54, 1.807) is 25.3 Å². The van der Waals surface area contributed by atoms with Gasteiger partial charge in [-0.25, -0.2) is 0 Å². The summed E-state index contributed by atoms with van der Waals surface area (Å²) in [5.41, 5.74) is 0.724. The number of hydrogen-bond acceptors (Lipinski definition) is 5. The Labute approximate surface area is 135 Å². The Kier molecular flexibility index (Phi) is 6.01. The molecule has 1 aromatic carbocycles. The van der Waals surface area contributed by atoms with Crippen LogP contribution in [0.1, 0.15) is 18.4 Å². The fourth-order valence-corrected chi connectivity index (χ4v) is 2.36. The lowest BCUT2D eigenvalue weighted by Gasteiger charge is -2.10. The van der Waals surface area contributed by atoms with E-state index in [1.165, 1.54) is 13.2 Å². The van der Waals surface area contributed by atoms with Gasteiger partial charge in [0.05, 0.1) is 20.3 Å². The van der Waals surface area contributed by atoms with Crippen LogP contribution in [-0.2, 0) is 9.53 Å². The molecule has 23 heavy (non-hydrogen) atoms. The lowest BCUT2D eigenvalue weighted by molar-refractivity contribution is -0.117. The minimum absolute atomic E-state index is 0.0372. The van der Waals surface area contributed by atoms with Crippen molar-refractivity contribution in [2.45, 2.75) is 18.9 Å². The van der Waals surface area contributed by atoms with Crippen molar-refractivity contribution in [1.82, 2.24) is 5.32 Å². The molecule has 1 heterocycles. The highest BCUT2D eigenvalue weighted by molar-refractivity contribution is 6.01. The molecule has 1 saturated heterocycles. The molecule has 122 valence electrons. The van der Waals surface area contributed by atoms with E-state index in [1.807, 2.05) is 6.07 Å². The Balaban J connectivity index is 2.08. The first-order valence-corrected chi connectivity index (χ1v) is 7.41. The van der Waals surface area contributed by atoms with Crippen LogP contribution < -0.4 is 14.8 Å². The van der Waals surface area contributed by atoms with E-state index in [2.05, 4.69) is 5.32 Å². The average molecular weight is 316 g/mol. The van der Waals surface area contributed by atoms with Crippen molar-refractivity contribution in [3.8, 4) is 17.6 Å². The van der Waals surface area contributed by atoms with Gasteiger partial charge in [-0.2, -0.15) is 5.26 Å². The van der Waals surface area contributed by atoms with Crippen LogP contribution in [0, 0.1) is 11.3 Å². The van der Waals surface area contributed by atoms with Gasteiger partial charge in [0.15, 0.2) is 11.5 Å². The summed E-state index contributed by atoms with van der Waals surface area (Å²) in [4.78, 5) is 12.1. The standard InChI is InChI=1S/C17H20N2O4/c1-21-15-6-5-12(9-16(15)22-2)8-13(10-18)17(20)19-11-14-4-3-7-23-14/h5-6,8-9,14H,3-4,7,11H2,1-2H3,(H,19,20)/b13-8+/t14-/m1/s1. The van der Waals surface area contributed by atoms with Crippen molar-refractivity contribution in [3.05, 3.63) is 29.3 Å². The van der Waals surface area contributed by atoms with E-state index in [-0.39, 0.29) is 11.7 Å². The SMILES string of the molecule is COc1ccc(/C=C(\C#N)C(=O)NC[C@H]2CCCO2)cc1OC. The number of ether oxygens (including phenoxy) is 3. The molecule has 1 aliphatic rings. The Morgan fingerprint density at radius 1 is 1.43 bits per heavy atom. The fraction of sp³-hybridized carbons (Fsp3) is 0.412. The first-order valence-electron chi connectivity index (χ1n) is 7.41. The number of carbonyl (C=O) groups excluding carboxylic acids is 1. The highest BCUT2D eigenvalue weighted by atomic mass is 16.5. The molecular weight excluding hydrogens is 296 g/mol. The van der Waals surface area contributed by atoms with Crippen molar-refractivity contribution < 1.29 is 19.0 Å². The highest BCUT2D eigenvalue weighted by Crippen LogP contribution is 2.28. The summed E-state index contributed by atoms with van der Waals surface area (Å²) in [5.74, 6) is 0.724. The summed E-state index contributed by atoms with van der Waals surface area (Å²) in [7, 11) is 3.08. The van der Waals surface area contributed by atoms with Gasteiger partial charge < -0.3 is 19.5 Å². The lowest BCUT2D eigenvalue weighted by atomic mass is 10.1. The van der Waals surface area contributed by atoms with Crippen molar-refractivity contribution in [2.75, 3.05) is 27.4 Å². The van der Waals surface area contributed by atoms with Crippen LogP contribution in [0.3, 0.4) is 0 Å². The number of rotatable bonds is 6. The zero-order valence-corrected chi connectivity index (χ0v) is 13.3. The monoisotopic (exact) mass is 316 g/mol. The topological polar surface area (TPSA) is 80.6 Å². The second-order valence-electron chi connectivity index (χ2n) is 5.13. The first-order chi connectivity index (χ1) is 11.2. The van der Waals surface area contributed by atoms with Crippen LogP contribution >= 0.6 is 0 Å². The van der Waals surface area contributed by atoms with Gasteiger partial charge >= 0.3 is 0 Å². The first kappa shape index (κ1) is 16.8. The van der Waals surface area contributed by atoms with E-state index in [0.29, 0.717) is 23.6 Å². The summed E-state index contributed by atoms with van der Waals surface area (Å²) in [6, 6.07) is 7.12. The summed E-state index contributed by atoms with van der Waals surface area (Å²) in [6.45, 7) is 1.15. The number of nitriles is 1. The molecule has 0 aromatic heterocycles. The minimum Gasteiger partial charge on any atom is -0.493 e. The van der Waals surface area contributed by atoms with Gasteiger partial charge in [-0.1, -0.05) is 6.07 Å². The van der Waals surface area contributed by atoms with Crippen molar-refractivity contribution in [3.63, 3.8) is 0 Å². The summed E-state index contributed by atoms with van der Waals surface area (Å²) < 4.78 is 15.8. The molecule has 1 atom stereocenters. The van der Waals surface area contributed by atoms with Crippen molar-refractivity contribution in [1.29, 1.82) is 5.26 Å². The van der Waals surface area contributed by atoms with Crippen LogP contribution in [0.4, 0.5) is 0 Å². The van der Waals surface area contributed by atoms with Crippen LogP contribution in [-0.4, -0.2) is 39.4 Å². The van der Waals surface area contributed by atoms with Crippen molar-refractivity contribution >= 4 is 12.0 Å². The van der Waals surface area contributed by atoms with Gasteiger partial charge in [0, 0.05) is 13.2 Å². The third kappa shape index (κ3) is 4.47. The largest absolute Gasteiger partial charge is 0.493 e. The molecule has 0 spiro atoms. The third-order valence-electron chi connectivity index (χ3n) is 3.60. The molecule has 6 heteroatoms. The predicted molar refractivity (Wildman–Crippen MR) is 85.1 cm³/mol. The third-order valence-corrected chi connectivity index (χ3v) is 3.60. The minimum atomic E-state index is -0.405. The van der Waals surface area contributed by atoms with Crippen LogP contribution in [0.25, 0.3) is 6.08 Å². The van der Waals surface area contributed by atoms with E-state index in [9.17, 15) is 10.1 Å². The molecule has 0 aliphatic carbocycles. The average Bonchev–Trinajstić information content (AvgIpc) is 3.10. The van der Waals surface area contributed by atoms with Crippen LogP contribution in [0.15, 0.2) is 23.8 Å². The Bertz CT molecular complexity index is 628. The number of benzene rings is 1. The smallest absolute Gasteiger partial charge is 0.262 e. The molecule has 0 radical (unpaired) electrons. The normalized spacial score (nSPS) is 17.4. The predicted octanol–water partition coefficient (Wildman–Crippen LogP) is 1.91. The summed E-state index contributed by atoms with van der Waals surface area (Å²) in [5, 5.41) is 11.9. The molecule has 6 nitrogen and oxygen atoms in total. The number of nitrogens with zero attached hydrogens (tertiary/aromatic N) is 1. The number of nitrogens with one attached hydrogen (secondary N) is 1. The quantitative estimate of drug-likeness (QED) is 0.640. The Morgan fingerprint density at radius 2 is 2.22 bits per heavy atom. The maximum Gasteiger partial charge on any atom is 0.262 e. The van der Waals surface area contributed by atoms with Gasteiger partial charge in [-0.3, -0.25) is 4.79 Å². The lowest BCUT2D eigenvalue weighted by Crippen LogP contribution is -2.32. The highest BCUT2D eigenvalue weighted by Gasteiger charge is 2.17. The molecule has 0 saturated carbocycles. The van der Waals surface area contributed by atoms with Crippen molar-refractivity contribution in [2.24, 2.45) is 0 Å². The molecule has 1 amide bonds. The van der Waals surface area contributed by atoms with E-state index < -0.39 is 5.91 Å². The molecule has 1 fully saturated rings. The summed E-state index contributed by atoms with van der Waals surface area (Å²) in [6.07, 6.45) is 3.50. The molecule has 1 aromatic rings. The fourth-order valence-electron chi connectivity index (χ4n) is 2.36. The van der Waals surface area contributed by atoms with E-state index in [4.69, 9.17) is 14.2 Å². The number of methoxy groups -OCH3 is 2. The molecule has 1 aliphatic heterocycles. The molecule has 1 N–H and O–H groups in total. The maximum absolute atomic E-state index is 12.1. The zero-order valence-electron chi connectivity index (χ0n) is 13.3. The van der Waals surface area contributed by atoms with Crippen LogP contribution in [0.5, 0.6) is 11.5 Å². The Hall–Kier alpha value is -2.52. The number of hydrogen-bond donors (Lipinski definition) is 1.